The third-order valence-electron chi connectivity index (χ3n) is 7.77. The lowest BCUT2D eigenvalue weighted by molar-refractivity contribution is 0.312. The first-order valence-corrected chi connectivity index (χ1v) is 13.3. The molecule has 6 heterocycles. The predicted molar refractivity (Wildman–Crippen MR) is 146 cm³/mol. The lowest BCUT2D eigenvalue weighted by atomic mass is 10.0. The highest BCUT2D eigenvalue weighted by Gasteiger charge is 2.22. The van der Waals surface area contributed by atoms with Crippen LogP contribution in [-0.4, -0.2) is 86.2 Å². The van der Waals surface area contributed by atoms with Gasteiger partial charge in [0.25, 0.3) is 0 Å². The molecule has 2 aliphatic heterocycles. The SMILES string of the molecule is CN1CCN(c2nccc3[nH]c(-c4[nH]nc5c(F)cc(-c6cncc(CN7CCCC7)c6)cc45)nc23)CC1. The van der Waals surface area contributed by atoms with Crippen molar-refractivity contribution < 1.29 is 4.39 Å². The number of pyridine rings is 2. The van der Waals surface area contributed by atoms with Crippen LogP contribution < -0.4 is 4.90 Å². The van der Waals surface area contributed by atoms with E-state index in [9.17, 15) is 0 Å². The fourth-order valence-corrected chi connectivity index (χ4v) is 5.64. The number of aromatic nitrogens is 6. The molecule has 4 aromatic heterocycles. The number of nitrogens with zero attached hydrogens (tertiary/aromatic N) is 7. The minimum Gasteiger partial charge on any atom is -0.352 e. The van der Waals surface area contributed by atoms with Gasteiger partial charge in [0.05, 0.1) is 5.52 Å². The summed E-state index contributed by atoms with van der Waals surface area (Å²) < 4.78 is 15.3. The molecule has 0 radical (unpaired) electrons. The van der Waals surface area contributed by atoms with Gasteiger partial charge in [0, 0.05) is 62.3 Å². The van der Waals surface area contributed by atoms with Crippen LogP contribution in [0, 0.1) is 5.82 Å². The maximum atomic E-state index is 15.3. The zero-order valence-corrected chi connectivity index (χ0v) is 21.4. The third-order valence-corrected chi connectivity index (χ3v) is 7.77. The van der Waals surface area contributed by atoms with Crippen molar-refractivity contribution in [1.29, 1.82) is 0 Å². The molecule has 2 saturated heterocycles. The summed E-state index contributed by atoms with van der Waals surface area (Å²) in [4.78, 5) is 24.5. The monoisotopic (exact) mass is 511 g/mol. The Kier molecular flexibility index (Phi) is 5.78. The lowest BCUT2D eigenvalue weighted by Crippen LogP contribution is -2.44. The molecular formula is C28H30FN9. The van der Waals surface area contributed by atoms with E-state index in [0.29, 0.717) is 22.4 Å². The van der Waals surface area contributed by atoms with E-state index in [1.54, 1.807) is 6.20 Å². The maximum Gasteiger partial charge on any atom is 0.157 e. The van der Waals surface area contributed by atoms with Crippen LogP contribution in [0.1, 0.15) is 18.4 Å². The van der Waals surface area contributed by atoms with Gasteiger partial charge >= 0.3 is 0 Å². The van der Waals surface area contributed by atoms with Crippen LogP contribution in [0.4, 0.5) is 10.2 Å². The number of anilines is 1. The van der Waals surface area contributed by atoms with E-state index < -0.39 is 0 Å². The average Bonchev–Trinajstić information content (AvgIpc) is 3.69. The largest absolute Gasteiger partial charge is 0.352 e. The Morgan fingerprint density at radius 3 is 2.63 bits per heavy atom. The molecule has 2 N–H and O–H groups in total. The molecule has 0 amide bonds. The van der Waals surface area contributed by atoms with E-state index in [2.05, 4.69) is 53.0 Å². The van der Waals surface area contributed by atoms with E-state index in [0.717, 1.165) is 79.4 Å². The van der Waals surface area contributed by atoms with Crippen LogP contribution >= 0.6 is 0 Å². The molecule has 0 unspecified atom stereocenters. The highest BCUT2D eigenvalue weighted by Crippen LogP contribution is 2.33. The van der Waals surface area contributed by atoms with Gasteiger partial charge in [0.2, 0.25) is 0 Å². The quantitative estimate of drug-likeness (QED) is 0.368. The third kappa shape index (κ3) is 4.19. The number of H-pyrrole nitrogens is 2. The van der Waals surface area contributed by atoms with E-state index in [-0.39, 0.29) is 5.82 Å². The molecule has 194 valence electrons. The Labute approximate surface area is 219 Å². The second-order valence-electron chi connectivity index (χ2n) is 10.4. The molecule has 2 aliphatic rings. The van der Waals surface area contributed by atoms with Crippen molar-refractivity contribution in [2.24, 2.45) is 0 Å². The summed E-state index contributed by atoms with van der Waals surface area (Å²) in [6.45, 7) is 6.87. The number of halogens is 1. The first kappa shape index (κ1) is 23.2. The molecule has 9 nitrogen and oxygen atoms in total. The fraction of sp³-hybridized carbons (Fsp3) is 0.357. The van der Waals surface area contributed by atoms with E-state index in [1.807, 2.05) is 24.5 Å². The van der Waals surface area contributed by atoms with Crippen molar-refractivity contribution >= 4 is 27.8 Å². The van der Waals surface area contributed by atoms with Crippen molar-refractivity contribution in [2.75, 3.05) is 51.2 Å². The number of likely N-dealkylation sites (N-methyl/N-ethyl adjacent to an activating group) is 1. The van der Waals surface area contributed by atoms with Crippen molar-refractivity contribution in [2.45, 2.75) is 19.4 Å². The van der Waals surface area contributed by atoms with Gasteiger partial charge in [-0.1, -0.05) is 0 Å². The highest BCUT2D eigenvalue weighted by atomic mass is 19.1. The van der Waals surface area contributed by atoms with Crippen LogP contribution in [0.3, 0.4) is 0 Å². The van der Waals surface area contributed by atoms with Gasteiger partial charge in [0.1, 0.15) is 16.7 Å². The number of rotatable bonds is 5. The first-order chi connectivity index (χ1) is 18.6. The molecule has 38 heavy (non-hydrogen) atoms. The zero-order valence-electron chi connectivity index (χ0n) is 21.4. The molecule has 5 aromatic rings. The summed E-state index contributed by atoms with van der Waals surface area (Å²) in [6.07, 6.45) is 7.99. The number of hydrogen-bond donors (Lipinski definition) is 2. The summed E-state index contributed by atoms with van der Waals surface area (Å²) in [5, 5.41) is 8.00. The van der Waals surface area contributed by atoms with Gasteiger partial charge in [-0.3, -0.25) is 15.0 Å². The van der Waals surface area contributed by atoms with Crippen LogP contribution in [0.25, 0.3) is 44.6 Å². The van der Waals surface area contributed by atoms with Gasteiger partial charge in [-0.05, 0) is 68.4 Å². The van der Waals surface area contributed by atoms with Crippen molar-refractivity contribution in [3.63, 3.8) is 0 Å². The summed E-state index contributed by atoms with van der Waals surface area (Å²) in [7, 11) is 2.13. The molecule has 2 fully saturated rings. The summed E-state index contributed by atoms with van der Waals surface area (Å²) in [5.41, 5.74) is 5.45. The van der Waals surface area contributed by atoms with E-state index in [4.69, 9.17) is 4.98 Å². The Hall–Kier alpha value is -3.89. The van der Waals surface area contributed by atoms with Gasteiger partial charge in [-0.25, -0.2) is 14.4 Å². The smallest absolute Gasteiger partial charge is 0.157 e. The summed E-state index contributed by atoms with van der Waals surface area (Å²) in [5.74, 6) is 1.11. The van der Waals surface area contributed by atoms with Crippen molar-refractivity contribution in [1.82, 2.24) is 39.9 Å². The predicted octanol–water partition coefficient (Wildman–Crippen LogP) is 4.05. The number of likely N-dealkylation sites (tertiary alicyclic amines) is 1. The Balaban J connectivity index is 1.26. The standard InChI is InChI=1S/C28H30FN9/c1-36-8-10-38(11-9-36)28-26-23(4-5-31-28)32-27(33-26)25-21-13-19(14-22(29)24(21)34-35-25)20-12-18(15-30-16-20)17-37-6-2-3-7-37/h4-5,12-16H,2-3,6-11,17H2,1H3,(H,32,33)(H,34,35). The van der Waals surface area contributed by atoms with Crippen LogP contribution in [-0.2, 0) is 6.54 Å². The number of nitrogens with one attached hydrogen (secondary N) is 2. The van der Waals surface area contributed by atoms with Crippen LogP contribution in [0.2, 0.25) is 0 Å². The summed E-state index contributed by atoms with van der Waals surface area (Å²) >= 11 is 0. The van der Waals surface area contributed by atoms with Gasteiger partial charge in [-0.2, -0.15) is 5.10 Å². The molecule has 0 saturated carbocycles. The first-order valence-electron chi connectivity index (χ1n) is 13.3. The topological polar surface area (TPSA) is 92.9 Å². The van der Waals surface area contributed by atoms with Gasteiger partial charge in [-0.15, -0.1) is 0 Å². The second kappa shape index (κ2) is 9.45. The van der Waals surface area contributed by atoms with Crippen molar-refractivity contribution in [3.8, 4) is 22.6 Å². The Morgan fingerprint density at radius 2 is 1.79 bits per heavy atom. The number of fused-ring (bicyclic) bond motifs is 2. The van der Waals surface area contributed by atoms with Crippen LogP contribution in [0.5, 0.6) is 0 Å². The molecule has 0 spiro atoms. The normalized spacial score (nSPS) is 17.3. The minimum absolute atomic E-state index is 0.294. The molecule has 0 bridgehead atoms. The van der Waals surface area contributed by atoms with Crippen LogP contribution in [0.15, 0.2) is 42.9 Å². The van der Waals surface area contributed by atoms with Gasteiger partial charge in [0.15, 0.2) is 17.5 Å². The molecule has 1 aromatic carbocycles. The Bertz CT molecular complexity index is 1610. The number of hydrogen-bond acceptors (Lipinski definition) is 7. The van der Waals surface area contributed by atoms with E-state index >= 15 is 4.39 Å². The fourth-order valence-electron chi connectivity index (χ4n) is 5.64. The molecule has 0 aliphatic carbocycles. The molecular weight excluding hydrogens is 481 g/mol. The van der Waals surface area contributed by atoms with E-state index in [1.165, 1.54) is 18.9 Å². The van der Waals surface area contributed by atoms with Gasteiger partial charge < -0.3 is 14.8 Å². The number of benzene rings is 1. The number of aromatic amines is 2. The Morgan fingerprint density at radius 1 is 0.947 bits per heavy atom. The molecule has 0 atom stereocenters. The average molecular weight is 512 g/mol. The molecule has 10 heteroatoms. The highest BCUT2D eigenvalue weighted by molar-refractivity contribution is 5.97. The number of piperazine rings is 1. The number of imidazole rings is 1. The minimum atomic E-state index is -0.374. The molecule has 7 rings (SSSR count). The second-order valence-corrected chi connectivity index (χ2v) is 10.4. The zero-order chi connectivity index (χ0) is 25.6. The summed E-state index contributed by atoms with van der Waals surface area (Å²) in [6, 6.07) is 7.55. The maximum absolute atomic E-state index is 15.3. The lowest BCUT2D eigenvalue weighted by Gasteiger charge is -2.33. The van der Waals surface area contributed by atoms with Crippen molar-refractivity contribution in [3.05, 3.63) is 54.2 Å².